The Labute approximate surface area is 101 Å². The van der Waals surface area contributed by atoms with E-state index >= 15 is 0 Å². The van der Waals surface area contributed by atoms with Crippen LogP contribution in [0.2, 0.25) is 0 Å². The summed E-state index contributed by atoms with van der Waals surface area (Å²) >= 11 is 0. The molecule has 1 fully saturated rings. The monoisotopic (exact) mass is 218 g/mol. The molecule has 0 N–H and O–H groups in total. The molecule has 0 heteroatoms. The Morgan fingerprint density at radius 3 is 2.69 bits per heavy atom. The highest BCUT2D eigenvalue weighted by Crippen LogP contribution is 2.50. The second kappa shape index (κ2) is 5.52. The Balaban J connectivity index is 2.49. The lowest BCUT2D eigenvalue weighted by molar-refractivity contribution is 0.360. The molecule has 0 aromatic heterocycles. The molecule has 1 rings (SSSR count). The Bertz CT molecular complexity index is 284. The summed E-state index contributed by atoms with van der Waals surface area (Å²) in [5, 5.41) is 0. The zero-order valence-corrected chi connectivity index (χ0v) is 11.0. The predicted octanol–water partition coefficient (Wildman–Crippen LogP) is 5.28. The lowest BCUT2D eigenvalue weighted by Crippen LogP contribution is -2.15. The van der Waals surface area contributed by atoms with E-state index in [-0.39, 0.29) is 0 Å². The van der Waals surface area contributed by atoms with Crippen LogP contribution in [0.5, 0.6) is 0 Å². The summed E-state index contributed by atoms with van der Waals surface area (Å²) in [6.07, 6.45) is 9.55. The van der Waals surface area contributed by atoms with Gasteiger partial charge in [-0.1, -0.05) is 43.7 Å². The highest BCUT2D eigenvalue weighted by Gasteiger charge is 2.38. The first-order chi connectivity index (χ1) is 7.51. The molecule has 16 heavy (non-hydrogen) atoms. The van der Waals surface area contributed by atoms with Gasteiger partial charge < -0.3 is 0 Å². The first-order valence-electron chi connectivity index (χ1n) is 6.47. The maximum Gasteiger partial charge on any atom is 0.000454 e. The summed E-state index contributed by atoms with van der Waals surface area (Å²) in [4.78, 5) is 0. The smallest absolute Gasteiger partial charge is 0.000454 e. The topological polar surface area (TPSA) is 0 Å². The van der Waals surface area contributed by atoms with E-state index in [2.05, 4.69) is 33.6 Å². The van der Waals surface area contributed by atoms with E-state index in [9.17, 15) is 0 Å². The minimum atomic E-state index is 0.366. The molecule has 1 aliphatic rings. The van der Waals surface area contributed by atoms with Crippen LogP contribution in [0.4, 0.5) is 0 Å². The fourth-order valence-electron chi connectivity index (χ4n) is 2.85. The van der Waals surface area contributed by atoms with Crippen molar-refractivity contribution in [3.63, 3.8) is 0 Å². The van der Waals surface area contributed by atoms with Crippen molar-refractivity contribution in [1.82, 2.24) is 0 Å². The van der Waals surface area contributed by atoms with Gasteiger partial charge in [0.2, 0.25) is 0 Å². The average Bonchev–Trinajstić information content (AvgIpc) is 2.52. The van der Waals surface area contributed by atoms with Crippen molar-refractivity contribution in [3.05, 3.63) is 37.0 Å². The number of rotatable bonds is 6. The number of hydrogen-bond acceptors (Lipinski definition) is 0. The van der Waals surface area contributed by atoms with Crippen molar-refractivity contribution in [1.29, 1.82) is 0 Å². The molecule has 0 radical (unpaired) electrons. The maximum atomic E-state index is 4.33. The Morgan fingerprint density at radius 1 is 1.50 bits per heavy atom. The second-order valence-electron chi connectivity index (χ2n) is 5.56. The molecule has 2 atom stereocenters. The van der Waals surface area contributed by atoms with Crippen LogP contribution in [0.3, 0.4) is 0 Å². The second-order valence-corrected chi connectivity index (χ2v) is 5.56. The van der Waals surface area contributed by atoms with Gasteiger partial charge in [0.25, 0.3) is 0 Å². The Hall–Kier alpha value is -0.780. The molecule has 0 aliphatic heterocycles. The molecule has 0 aromatic carbocycles. The molecule has 1 saturated carbocycles. The Kier molecular flexibility index (Phi) is 4.58. The van der Waals surface area contributed by atoms with Gasteiger partial charge in [0.05, 0.1) is 0 Å². The molecule has 0 saturated heterocycles. The summed E-state index contributed by atoms with van der Waals surface area (Å²) in [6.45, 7) is 16.7. The molecular weight excluding hydrogens is 192 g/mol. The summed E-state index contributed by atoms with van der Waals surface area (Å²) in [5.74, 6) is 0.574. The van der Waals surface area contributed by atoms with Crippen molar-refractivity contribution in [3.8, 4) is 0 Å². The van der Waals surface area contributed by atoms with Gasteiger partial charge in [-0.25, -0.2) is 0 Å². The van der Waals surface area contributed by atoms with Crippen molar-refractivity contribution in [2.45, 2.75) is 52.4 Å². The van der Waals surface area contributed by atoms with Crippen LogP contribution in [0.1, 0.15) is 52.4 Å². The molecule has 0 spiro atoms. The third-order valence-electron chi connectivity index (χ3n) is 4.16. The van der Waals surface area contributed by atoms with Crippen LogP contribution in [0.15, 0.2) is 37.0 Å². The Morgan fingerprint density at radius 2 is 2.19 bits per heavy atom. The van der Waals surface area contributed by atoms with Crippen LogP contribution in [0, 0.1) is 11.3 Å². The average molecular weight is 218 g/mol. The molecule has 0 heterocycles. The van der Waals surface area contributed by atoms with Gasteiger partial charge in [0.1, 0.15) is 0 Å². The van der Waals surface area contributed by atoms with Gasteiger partial charge in [-0.05, 0) is 44.4 Å². The quantitative estimate of drug-likeness (QED) is 0.420. The van der Waals surface area contributed by atoms with E-state index in [0.717, 1.165) is 6.42 Å². The summed E-state index contributed by atoms with van der Waals surface area (Å²) in [6, 6.07) is 0. The number of hydrogen-bond donors (Lipinski definition) is 0. The molecule has 1 aliphatic carbocycles. The van der Waals surface area contributed by atoms with E-state index in [1.165, 1.54) is 43.3 Å². The molecule has 0 amide bonds. The maximum absolute atomic E-state index is 4.33. The molecule has 0 aromatic rings. The molecule has 0 nitrogen and oxygen atoms in total. The van der Waals surface area contributed by atoms with Crippen LogP contribution < -0.4 is 0 Å². The van der Waals surface area contributed by atoms with Crippen molar-refractivity contribution >= 4 is 0 Å². The SMILES string of the molecule is C=CCCCCC1(C)CCC(C(=C)C)C1=C. The summed E-state index contributed by atoms with van der Waals surface area (Å²) < 4.78 is 0. The van der Waals surface area contributed by atoms with Crippen LogP contribution in [-0.2, 0) is 0 Å². The van der Waals surface area contributed by atoms with Crippen LogP contribution in [0.25, 0.3) is 0 Å². The summed E-state index contributed by atoms with van der Waals surface area (Å²) in [7, 11) is 0. The lowest BCUT2D eigenvalue weighted by atomic mass is 9.78. The molecule has 0 bridgehead atoms. The lowest BCUT2D eigenvalue weighted by Gasteiger charge is -2.27. The summed E-state index contributed by atoms with van der Waals surface area (Å²) in [5.41, 5.74) is 3.09. The molecule has 2 unspecified atom stereocenters. The van der Waals surface area contributed by atoms with Crippen molar-refractivity contribution in [2.24, 2.45) is 11.3 Å². The predicted molar refractivity (Wildman–Crippen MR) is 73.5 cm³/mol. The van der Waals surface area contributed by atoms with Gasteiger partial charge in [0, 0.05) is 5.92 Å². The normalized spacial score (nSPS) is 29.4. The van der Waals surface area contributed by atoms with Crippen LogP contribution >= 0.6 is 0 Å². The van der Waals surface area contributed by atoms with Crippen LogP contribution in [-0.4, -0.2) is 0 Å². The third-order valence-corrected chi connectivity index (χ3v) is 4.16. The first-order valence-corrected chi connectivity index (χ1v) is 6.47. The fourth-order valence-corrected chi connectivity index (χ4v) is 2.85. The zero-order chi connectivity index (χ0) is 12.2. The van der Waals surface area contributed by atoms with E-state index in [4.69, 9.17) is 0 Å². The highest BCUT2D eigenvalue weighted by atomic mass is 14.4. The van der Waals surface area contributed by atoms with E-state index in [1.807, 2.05) is 6.08 Å². The van der Waals surface area contributed by atoms with E-state index < -0.39 is 0 Å². The van der Waals surface area contributed by atoms with E-state index in [1.54, 1.807) is 0 Å². The van der Waals surface area contributed by atoms with Gasteiger partial charge in [-0.15, -0.1) is 6.58 Å². The van der Waals surface area contributed by atoms with Gasteiger partial charge in [0.15, 0.2) is 0 Å². The van der Waals surface area contributed by atoms with Crippen molar-refractivity contribution < 1.29 is 0 Å². The largest absolute Gasteiger partial charge is 0.103 e. The zero-order valence-electron chi connectivity index (χ0n) is 11.0. The molecular formula is C16H26. The molecule has 90 valence electrons. The minimum Gasteiger partial charge on any atom is -0.103 e. The standard InChI is InChI=1S/C16H26/c1-6-7-8-9-11-16(5)12-10-15(13(2)3)14(16)4/h6,15H,1-2,4,7-12H2,3,5H3. The fraction of sp³-hybridized carbons (Fsp3) is 0.625. The highest BCUT2D eigenvalue weighted by molar-refractivity contribution is 5.26. The number of unbranched alkanes of at least 4 members (excludes halogenated alkanes) is 2. The third kappa shape index (κ3) is 2.87. The van der Waals surface area contributed by atoms with E-state index in [0.29, 0.717) is 11.3 Å². The van der Waals surface area contributed by atoms with Gasteiger partial charge >= 0.3 is 0 Å². The number of allylic oxidation sites excluding steroid dienone is 3. The van der Waals surface area contributed by atoms with Crippen molar-refractivity contribution in [2.75, 3.05) is 0 Å². The first kappa shape index (κ1) is 13.3. The van der Waals surface area contributed by atoms with Gasteiger partial charge in [-0.2, -0.15) is 0 Å². The van der Waals surface area contributed by atoms with Gasteiger partial charge in [-0.3, -0.25) is 0 Å². The minimum absolute atomic E-state index is 0.366.